The highest BCUT2D eigenvalue weighted by Crippen LogP contribution is 2.26. The van der Waals surface area contributed by atoms with Gasteiger partial charge in [0.25, 0.3) is 0 Å². The van der Waals surface area contributed by atoms with Gasteiger partial charge in [0.1, 0.15) is 18.3 Å². The number of benzene rings is 2. The predicted octanol–water partition coefficient (Wildman–Crippen LogP) is 2.01. The molecule has 2 saturated heterocycles. The average Bonchev–Trinajstić information content (AvgIpc) is 2.89. The molecule has 2 atom stereocenters. The third-order valence-electron chi connectivity index (χ3n) is 6.24. The molecule has 2 fully saturated rings. The van der Waals surface area contributed by atoms with Gasteiger partial charge in [-0.25, -0.2) is 9.59 Å². The first-order valence-electron chi connectivity index (χ1n) is 11.4. The van der Waals surface area contributed by atoms with Crippen molar-refractivity contribution in [3.05, 3.63) is 59.7 Å². The van der Waals surface area contributed by atoms with E-state index in [4.69, 9.17) is 4.74 Å². The molecule has 2 unspecified atom stereocenters. The lowest BCUT2D eigenvalue weighted by Crippen LogP contribution is -2.70. The first-order chi connectivity index (χ1) is 16.9. The molecule has 35 heavy (non-hydrogen) atoms. The number of amides is 4. The van der Waals surface area contributed by atoms with E-state index in [1.807, 2.05) is 0 Å². The molecular weight excluding hydrogens is 452 g/mol. The van der Waals surface area contributed by atoms with Crippen LogP contribution in [-0.2, 0) is 20.9 Å². The average molecular weight is 481 g/mol. The number of nitrogens with zero attached hydrogens (tertiary/aromatic N) is 2. The monoisotopic (exact) mass is 480 g/mol. The Morgan fingerprint density at radius 1 is 1.06 bits per heavy atom. The standard InChI is InChI=1S/C25H28N4O6/c1-34-19-11-5-16(6-12-19)14-29-23(31)22-20(4-3-13-26-22)28(25(29)33)15-21(30)27-18-9-7-17(8-10-18)24(32)35-2/h5-12,20,22,26H,3-4,13-15H2,1-2H3,(H,27,30). The number of esters is 1. The Hall–Kier alpha value is -3.92. The minimum absolute atomic E-state index is 0.0969. The number of rotatable bonds is 7. The lowest BCUT2D eigenvalue weighted by Gasteiger charge is -2.46. The zero-order valence-corrected chi connectivity index (χ0v) is 19.7. The molecule has 10 nitrogen and oxygen atoms in total. The van der Waals surface area contributed by atoms with Gasteiger partial charge >= 0.3 is 12.0 Å². The maximum absolute atomic E-state index is 13.4. The summed E-state index contributed by atoms with van der Waals surface area (Å²) in [5.41, 5.74) is 1.62. The Morgan fingerprint density at radius 3 is 2.43 bits per heavy atom. The van der Waals surface area contributed by atoms with Crippen LogP contribution in [0.3, 0.4) is 0 Å². The smallest absolute Gasteiger partial charge is 0.337 e. The molecule has 2 heterocycles. The van der Waals surface area contributed by atoms with E-state index >= 15 is 0 Å². The van der Waals surface area contributed by atoms with E-state index in [0.717, 1.165) is 12.0 Å². The number of anilines is 1. The molecule has 2 aliphatic rings. The highest BCUT2D eigenvalue weighted by atomic mass is 16.5. The number of ether oxygens (including phenoxy) is 2. The molecular formula is C25H28N4O6. The minimum atomic E-state index is -0.563. The third kappa shape index (κ3) is 5.27. The molecule has 184 valence electrons. The van der Waals surface area contributed by atoms with Crippen molar-refractivity contribution in [3.8, 4) is 5.75 Å². The summed E-state index contributed by atoms with van der Waals surface area (Å²) in [6, 6.07) is 12.0. The number of urea groups is 1. The van der Waals surface area contributed by atoms with Crippen molar-refractivity contribution >= 4 is 29.5 Å². The van der Waals surface area contributed by atoms with Crippen LogP contribution in [0.2, 0.25) is 0 Å². The van der Waals surface area contributed by atoms with E-state index in [2.05, 4.69) is 15.4 Å². The molecule has 2 aromatic rings. The lowest BCUT2D eigenvalue weighted by atomic mass is 9.93. The Balaban J connectivity index is 1.49. The number of piperidine rings is 1. The Kier molecular flexibility index (Phi) is 7.31. The van der Waals surface area contributed by atoms with E-state index in [-0.39, 0.29) is 19.0 Å². The van der Waals surface area contributed by atoms with Crippen LogP contribution in [0.25, 0.3) is 0 Å². The van der Waals surface area contributed by atoms with Crippen molar-refractivity contribution in [2.24, 2.45) is 0 Å². The summed E-state index contributed by atoms with van der Waals surface area (Å²) in [7, 11) is 2.86. The van der Waals surface area contributed by atoms with Crippen molar-refractivity contribution in [2.75, 3.05) is 32.6 Å². The Labute approximate surface area is 203 Å². The molecule has 0 aliphatic carbocycles. The van der Waals surface area contributed by atoms with Gasteiger partial charge in [-0.3, -0.25) is 14.5 Å². The number of imide groups is 1. The first-order valence-corrected chi connectivity index (χ1v) is 11.4. The first kappa shape index (κ1) is 24.2. The summed E-state index contributed by atoms with van der Waals surface area (Å²) < 4.78 is 9.85. The molecule has 4 amide bonds. The van der Waals surface area contributed by atoms with E-state index in [1.165, 1.54) is 16.9 Å². The van der Waals surface area contributed by atoms with Gasteiger partial charge in [0, 0.05) is 5.69 Å². The molecule has 2 aliphatic heterocycles. The minimum Gasteiger partial charge on any atom is -0.497 e. The number of carbonyl (C=O) groups excluding carboxylic acids is 4. The highest BCUT2D eigenvalue weighted by molar-refractivity contribution is 6.03. The van der Waals surface area contributed by atoms with E-state index in [0.29, 0.717) is 30.0 Å². The number of hydrogen-bond acceptors (Lipinski definition) is 7. The maximum Gasteiger partial charge on any atom is 0.337 e. The summed E-state index contributed by atoms with van der Waals surface area (Å²) in [6.45, 7) is 0.566. The molecule has 0 bridgehead atoms. The van der Waals surface area contributed by atoms with Crippen LogP contribution < -0.4 is 15.4 Å². The van der Waals surface area contributed by atoms with Crippen LogP contribution in [0.1, 0.15) is 28.8 Å². The fraction of sp³-hybridized carbons (Fsp3) is 0.360. The normalized spacial score (nSPS) is 19.7. The number of methoxy groups -OCH3 is 2. The largest absolute Gasteiger partial charge is 0.497 e. The fourth-order valence-electron chi connectivity index (χ4n) is 4.42. The van der Waals surface area contributed by atoms with Crippen LogP contribution in [-0.4, -0.2) is 73.0 Å². The van der Waals surface area contributed by atoms with Crippen LogP contribution >= 0.6 is 0 Å². The number of carbonyl (C=O) groups is 4. The number of nitrogens with one attached hydrogen (secondary N) is 2. The van der Waals surface area contributed by atoms with Gasteiger partial charge in [-0.2, -0.15) is 0 Å². The van der Waals surface area contributed by atoms with Gasteiger partial charge < -0.3 is 25.0 Å². The van der Waals surface area contributed by atoms with Gasteiger partial charge in [-0.15, -0.1) is 0 Å². The second kappa shape index (κ2) is 10.6. The summed E-state index contributed by atoms with van der Waals surface area (Å²) in [6.07, 6.45) is 1.43. The van der Waals surface area contributed by atoms with Gasteiger partial charge in [0.05, 0.1) is 32.4 Å². The molecule has 2 aromatic carbocycles. The molecule has 0 spiro atoms. The van der Waals surface area contributed by atoms with E-state index in [1.54, 1.807) is 55.6 Å². The van der Waals surface area contributed by atoms with Crippen molar-refractivity contribution in [2.45, 2.75) is 31.5 Å². The SMILES string of the molecule is COC(=O)c1ccc(NC(=O)CN2C(=O)N(Cc3ccc(OC)cc3)C(=O)C3NCCCC32)cc1. The predicted molar refractivity (Wildman–Crippen MR) is 127 cm³/mol. The van der Waals surface area contributed by atoms with Crippen molar-refractivity contribution in [1.29, 1.82) is 0 Å². The third-order valence-corrected chi connectivity index (χ3v) is 6.24. The second-order valence-electron chi connectivity index (χ2n) is 8.44. The number of fused-ring (bicyclic) bond motifs is 1. The van der Waals surface area contributed by atoms with Gasteiger partial charge in [-0.05, 0) is 61.3 Å². The van der Waals surface area contributed by atoms with Crippen LogP contribution in [0, 0.1) is 0 Å². The molecule has 10 heteroatoms. The Bertz CT molecular complexity index is 1100. The zero-order valence-electron chi connectivity index (χ0n) is 19.7. The fourth-order valence-corrected chi connectivity index (χ4v) is 4.42. The molecule has 4 rings (SSSR count). The quantitative estimate of drug-likeness (QED) is 0.582. The number of hydrogen-bond donors (Lipinski definition) is 2. The highest BCUT2D eigenvalue weighted by Gasteiger charge is 2.47. The molecule has 0 saturated carbocycles. The van der Waals surface area contributed by atoms with E-state index in [9.17, 15) is 19.2 Å². The molecule has 0 radical (unpaired) electrons. The van der Waals surface area contributed by atoms with Crippen LogP contribution in [0.4, 0.5) is 10.5 Å². The lowest BCUT2D eigenvalue weighted by molar-refractivity contribution is -0.138. The summed E-state index contributed by atoms with van der Waals surface area (Å²) in [4.78, 5) is 53.7. The second-order valence-corrected chi connectivity index (χ2v) is 8.44. The molecule has 0 aromatic heterocycles. The summed E-state index contributed by atoms with van der Waals surface area (Å²) in [5, 5.41) is 5.98. The van der Waals surface area contributed by atoms with Crippen molar-refractivity contribution in [1.82, 2.24) is 15.1 Å². The van der Waals surface area contributed by atoms with Crippen molar-refractivity contribution < 1.29 is 28.7 Å². The van der Waals surface area contributed by atoms with Crippen molar-refractivity contribution in [3.63, 3.8) is 0 Å². The van der Waals surface area contributed by atoms with Crippen LogP contribution in [0.5, 0.6) is 5.75 Å². The summed E-state index contributed by atoms with van der Waals surface area (Å²) in [5.74, 6) is -0.478. The van der Waals surface area contributed by atoms with Gasteiger partial charge in [-0.1, -0.05) is 12.1 Å². The maximum atomic E-state index is 13.4. The van der Waals surface area contributed by atoms with Gasteiger partial charge in [0.2, 0.25) is 11.8 Å². The zero-order chi connectivity index (χ0) is 24.9. The Morgan fingerprint density at radius 2 is 1.77 bits per heavy atom. The molecule has 2 N–H and O–H groups in total. The summed E-state index contributed by atoms with van der Waals surface area (Å²) >= 11 is 0. The topological polar surface area (TPSA) is 117 Å². The van der Waals surface area contributed by atoms with Crippen LogP contribution in [0.15, 0.2) is 48.5 Å². The van der Waals surface area contributed by atoms with E-state index < -0.39 is 30.0 Å². The van der Waals surface area contributed by atoms with Gasteiger partial charge in [0.15, 0.2) is 0 Å².